The number of benzene rings is 2. The van der Waals surface area contributed by atoms with Gasteiger partial charge in [-0.25, -0.2) is 0 Å². The van der Waals surface area contributed by atoms with Gasteiger partial charge in [-0.05, 0) is 37.4 Å². The number of hydrogen-bond acceptors (Lipinski definition) is 2. The number of aromatic nitrogens is 1. The van der Waals surface area contributed by atoms with Crippen molar-refractivity contribution >= 4 is 10.9 Å². The van der Waals surface area contributed by atoms with Crippen LogP contribution in [0.25, 0.3) is 16.6 Å². The van der Waals surface area contributed by atoms with Crippen LogP contribution in [-0.2, 0) is 40.8 Å². The maximum absolute atomic E-state index is 7.50. The van der Waals surface area contributed by atoms with E-state index in [1.807, 2.05) is 26.0 Å². The molecule has 0 amide bonds. The fourth-order valence-electron chi connectivity index (χ4n) is 2.73. The number of ether oxygens (including phenoxy) is 2. The van der Waals surface area contributed by atoms with Gasteiger partial charge in [-0.1, -0.05) is 36.4 Å². The minimum Gasteiger partial charge on any atom is 0 e. The van der Waals surface area contributed by atoms with Gasteiger partial charge in [0.05, 0.1) is 11.2 Å². The van der Waals surface area contributed by atoms with E-state index >= 15 is 0 Å². The molecule has 6 nitrogen and oxygen atoms in total. The van der Waals surface area contributed by atoms with Crippen LogP contribution in [-0.4, -0.2) is 17.8 Å². The molecule has 3 aromatic rings. The molecular formula is C22H21CrNO5. The summed E-state index contributed by atoms with van der Waals surface area (Å²) in [6.45, 7) is 18.7. The molecule has 0 radical (unpaired) electrons. The first-order valence-electron chi connectivity index (χ1n) is 8.35. The van der Waals surface area contributed by atoms with Gasteiger partial charge in [0.15, 0.2) is 6.29 Å². The van der Waals surface area contributed by atoms with Crippen LogP contribution < -0.4 is 0 Å². The Labute approximate surface area is 181 Å². The molecule has 0 saturated carbocycles. The summed E-state index contributed by atoms with van der Waals surface area (Å²) >= 11 is 0. The predicted octanol–water partition coefficient (Wildman–Crippen LogP) is 4.59. The molecule has 0 spiro atoms. The number of fused-ring (bicyclic) bond motifs is 1. The van der Waals surface area contributed by atoms with E-state index in [0.717, 1.165) is 11.3 Å². The van der Waals surface area contributed by atoms with E-state index in [-0.39, 0.29) is 23.7 Å². The van der Waals surface area contributed by atoms with E-state index in [1.165, 1.54) is 10.9 Å². The predicted molar refractivity (Wildman–Crippen MR) is 101 cm³/mol. The summed E-state index contributed by atoms with van der Waals surface area (Å²) in [5.41, 5.74) is 3.32. The Morgan fingerprint density at radius 1 is 0.793 bits per heavy atom. The number of hydrogen-bond donors (Lipinski definition) is 0. The van der Waals surface area contributed by atoms with Crippen molar-refractivity contribution in [3.63, 3.8) is 0 Å². The molecule has 1 aromatic heterocycles. The molecule has 0 aliphatic carbocycles. The fourth-order valence-corrected chi connectivity index (χ4v) is 2.73. The van der Waals surface area contributed by atoms with E-state index in [1.54, 1.807) is 0 Å². The summed E-state index contributed by atoms with van der Waals surface area (Å²) in [6.07, 6.45) is 1.76. The fraction of sp³-hybridized carbons (Fsp3) is 0.227. The molecule has 1 heterocycles. The van der Waals surface area contributed by atoms with Crippen molar-refractivity contribution in [3.05, 3.63) is 86.3 Å². The van der Waals surface area contributed by atoms with Crippen LogP contribution in [0.3, 0.4) is 0 Å². The van der Waals surface area contributed by atoms with E-state index in [2.05, 4.69) is 73.2 Å². The molecule has 0 bridgehead atoms. The van der Waals surface area contributed by atoms with Crippen LogP contribution in [0.15, 0.2) is 60.8 Å². The molecule has 0 N–H and O–H groups in total. The Kier molecular flexibility index (Phi) is 17.6. The van der Waals surface area contributed by atoms with Crippen LogP contribution in [0.4, 0.5) is 0 Å². The third kappa shape index (κ3) is 7.89. The third-order valence-electron chi connectivity index (χ3n) is 3.69. The van der Waals surface area contributed by atoms with Gasteiger partial charge in [0, 0.05) is 42.3 Å². The standard InChI is InChI=1S/C19H21NO2.3CO.Cr/c1-3-21-19(22-4-2)16-10-6-8-12-18(16)20-14-13-15-9-5-7-11-17(15)20;3*1-2;/h5-14,19H,3-4H2,1-2H3;;;;. The second-order valence-corrected chi connectivity index (χ2v) is 5.05. The van der Waals surface area contributed by atoms with Gasteiger partial charge in [-0.15, -0.1) is 0 Å². The average Bonchev–Trinajstić information content (AvgIpc) is 3.22. The van der Waals surface area contributed by atoms with Crippen LogP contribution in [0.1, 0.15) is 25.7 Å². The summed E-state index contributed by atoms with van der Waals surface area (Å²) in [7, 11) is 0. The minimum atomic E-state index is -0.340. The van der Waals surface area contributed by atoms with Crippen LogP contribution in [0, 0.1) is 20.0 Å². The topological polar surface area (TPSA) is 83.1 Å². The molecule has 0 atom stereocenters. The van der Waals surface area contributed by atoms with Crippen LogP contribution in [0.2, 0.25) is 0 Å². The normalized spacial score (nSPS) is 8.86. The van der Waals surface area contributed by atoms with Gasteiger partial charge in [0.2, 0.25) is 0 Å². The zero-order valence-electron chi connectivity index (χ0n) is 16.2. The van der Waals surface area contributed by atoms with Gasteiger partial charge in [-0.2, -0.15) is 0 Å². The Bertz CT molecular complexity index is 865. The molecule has 3 rings (SSSR count). The first-order valence-corrected chi connectivity index (χ1v) is 8.35. The maximum atomic E-state index is 7.50. The Morgan fingerprint density at radius 3 is 1.90 bits per heavy atom. The molecule has 7 heteroatoms. The maximum Gasteiger partial charge on any atom is 0 e. The second-order valence-electron chi connectivity index (χ2n) is 5.05. The monoisotopic (exact) mass is 431 g/mol. The summed E-state index contributed by atoms with van der Waals surface area (Å²) in [6, 6.07) is 18.7. The molecule has 0 saturated heterocycles. The largest absolute Gasteiger partial charge is 0 e. The van der Waals surface area contributed by atoms with Gasteiger partial charge >= 0.3 is 33.9 Å². The molecule has 0 aliphatic rings. The van der Waals surface area contributed by atoms with Crippen molar-refractivity contribution < 1.29 is 40.8 Å². The van der Waals surface area contributed by atoms with Crippen molar-refractivity contribution in [2.45, 2.75) is 20.1 Å². The van der Waals surface area contributed by atoms with Crippen molar-refractivity contribution in [2.75, 3.05) is 13.2 Å². The Hall–Kier alpha value is -2.35. The average molecular weight is 431 g/mol. The van der Waals surface area contributed by atoms with E-state index in [9.17, 15) is 0 Å². The van der Waals surface area contributed by atoms with Gasteiger partial charge in [0.1, 0.15) is 0 Å². The van der Waals surface area contributed by atoms with E-state index < -0.39 is 0 Å². The Morgan fingerprint density at radius 2 is 1.31 bits per heavy atom. The van der Waals surface area contributed by atoms with Gasteiger partial charge in [0.25, 0.3) is 0 Å². The Balaban J connectivity index is 0. The second kappa shape index (κ2) is 17.7. The first-order chi connectivity index (χ1) is 13.8. The van der Waals surface area contributed by atoms with E-state index in [4.69, 9.17) is 23.4 Å². The van der Waals surface area contributed by atoms with Crippen LogP contribution in [0.5, 0.6) is 0 Å². The zero-order valence-corrected chi connectivity index (χ0v) is 17.4. The summed E-state index contributed by atoms with van der Waals surface area (Å²) in [5.74, 6) is 0. The van der Waals surface area contributed by atoms with Gasteiger partial charge < -0.3 is 14.0 Å². The summed E-state index contributed by atoms with van der Waals surface area (Å²) < 4.78 is 36.3. The number of para-hydroxylation sites is 2. The zero-order chi connectivity index (χ0) is 21.4. The smallest absolute Gasteiger partial charge is 0 e. The molecule has 2 aromatic carbocycles. The van der Waals surface area contributed by atoms with Crippen molar-refractivity contribution in [2.24, 2.45) is 0 Å². The first kappa shape index (κ1) is 28.9. The van der Waals surface area contributed by atoms with Crippen LogP contribution >= 0.6 is 0 Å². The van der Waals surface area contributed by atoms with E-state index in [0.29, 0.717) is 13.2 Å². The number of rotatable bonds is 6. The van der Waals surface area contributed by atoms with Crippen molar-refractivity contribution in [3.8, 4) is 5.69 Å². The SMILES string of the molecule is CCOC(OCC)c1ccccc1-n1ccc2ccccc21.[C-]#[O+].[C-]#[O+].[C-]#[O+].[Cr]. The van der Waals surface area contributed by atoms with Gasteiger partial charge in [-0.3, -0.25) is 0 Å². The molecule has 0 unspecified atom stereocenters. The summed E-state index contributed by atoms with van der Waals surface area (Å²) in [4.78, 5) is 0. The summed E-state index contributed by atoms with van der Waals surface area (Å²) in [5, 5.41) is 1.22. The quantitative estimate of drug-likeness (QED) is 0.325. The molecule has 29 heavy (non-hydrogen) atoms. The minimum absolute atomic E-state index is 0. The third-order valence-corrected chi connectivity index (χ3v) is 3.69. The van der Waals surface area contributed by atoms with Crippen molar-refractivity contribution in [1.82, 2.24) is 4.57 Å². The molecular weight excluding hydrogens is 410 g/mol. The molecule has 0 fully saturated rings. The number of nitrogens with zero attached hydrogens (tertiary/aromatic N) is 1. The molecule has 150 valence electrons. The molecule has 0 aliphatic heterocycles. The van der Waals surface area contributed by atoms with Crippen molar-refractivity contribution in [1.29, 1.82) is 0 Å².